The van der Waals surface area contributed by atoms with Gasteiger partial charge >= 0.3 is 77.2 Å². The van der Waals surface area contributed by atoms with Gasteiger partial charge < -0.3 is 37.9 Å². The molecule has 12 heterocycles. The van der Waals surface area contributed by atoms with Crippen LogP contribution in [0.5, 0.6) is 0 Å². The maximum Gasteiger partial charge on any atom is 1.00 e. The molecule has 3 saturated heterocycles. The number of fused-ring (bicyclic) bond motifs is 12. The fourth-order valence-corrected chi connectivity index (χ4v) is 12.2. The van der Waals surface area contributed by atoms with E-state index >= 15 is 0 Å². The van der Waals surface area contributed by atoms with Crippen LogP contribution in [0.15, 0.2) is 66.4 Å². The average Bonchev–Trinajstić information content (AvgIpc) is 4.13. The summed E-state index contributed by atoms with van der Waals surface area (Å²) in [4.78, 5) is 79.0. The minimum atomic E-state index is -5.05. The predicted molar refractivity (Wildman–Crippen MR) is 238 cm³/mol. The van der Waals surface area contributed by atoms with Gasteiger partial charge in [0.2, 0.25) is 20.8 Å². The topological polar surface area (TPSA) is 316 Å². The van der Waals surface area contributed by atoms with Crippen molar-refractivity contribution in [3.8, 4) is 0 Å². The van der Waals surface area contributed by atoms with E-state index in [1.807, 2.05) is 23.3 Å². The van der Waals surface area contributed by atoms with Gasteiger partial charge in [0.05, 0.1) is 74.5 Å². The Hall–Kier alpha value is -4.23. The van der Waals surface area contributed by atoms with Crippen LogP contribution in [-0.2, 0) is 48.3 Å². The van der Waals surface area contributed by atoms with Crippen molar-refractivity contribution < 1.29 is 113 Å². The second kappa shape index (κ2) is 21.7. The number of aromatic amines is 1. The Morgan fingerprint density at radius 2 is 1.04 bits per heavy atom. The fraction of sp³-hybridized carbons (Fsp3) is 0.378. The van der Waals surface area contributed by atoms with Crippen LogP contribution in [0.1, 0.15) is 100 Å². The van der Waals surface area contributed by atoms with Gasteiger partial charge in [-0.15, -0.1) is 40.6 Å². The van der Waals surface area contributed by atoms with Crippen LogP contribution < -0.4 is 59.1 Å². The zero-order valence-electron chi connectivity index (χ0n) is 36.5. The molecule has 6 bridgehead atoms. The van der Waals surface area contributed by atoms with Gasteiger partial charge in [-0.05, 0) is 0 Å². The Morgan fingerprint density at radius 1 is 0.648 bits per heavy atom. The Labute approximate surface area is 462 Å². The molecule has 6 aliphatic heterocycles. The molecule has 34 heteroatoms. The number of hydrogen-bond acceptors (Lipinski definition) is 21. The number of hydroxylamine groups is 6. The van der Waals surface area contributed by atoms with Gasteiger partial charge in [0, 0.05) is 51.3 Å². The first-order valence-electron chi connectivity index (χ1n) is 19.6. The van der Waals surface area contributed by atoms with Gasteiger partial charge in [-0.3, -0.25) is 4.84 Å². The van der Waals surface area contributed by atoms with Gasteiger partial charge in [0.1, 0.15) is 53.7 Å². The number of nitrogens with one attached hydrogen (secondary N) is 1. The van der Waals surface area contributed by atoms with Crippen molar-refractivity contribution >= 4 is 72.9 Å². The van der Waals surface area contributed by atoms with Crippen molar-refractivity contribution in [2.75, 3.05) is 26.2 Å². The molecule has 12 rings (SSSR count). The number of carbonyl (C=O) groups is 3. The van der Waals surface area contributed by atoms with Crippen molar-refractivity contribution in [2.45, 2.75) is 51.1 Å². The molecule has 1 N–H and O–H groups in total. The second-order valence-corrected chi connectivity index (χ2v) is 19.8. The SMILES string of the molecule is C.C.C=CCON1C(=O)N2CC1c1scnc1[C@H]2c1nccn1C.Cn1ccnc1[C@@H]1c2ncsc2C2CN1C(=O)N2OS(=O)(=O)[O-].O=C1N(OS(=O)(=O)[O-])C2CN1[C@H](c1ncc[nH]1)c1ncsc12.[Na+].[Na+]. The third-order valence-electron chi connectivity index (χ3n) is 11.4. The Bertz CT molecular complexity index is 3130. The maximum absolute atomic E-state index is 12.7. The van der Waals surface area contributed by atoms with Crippen molar-refractivity contribution in [3.05, 3.63) is 116 Å². The molecule has 0 spiro atoms. The summed E-state index contributed by atoms with van der Waals surface area (Å²) in [5.41, 5.74) is 7.13. The first-order chi connectivity index (χ1) is 32.0. The van der Waals surface area contributed by atoms with Crippen LogP contribution in [0.3, 0.4) is 0 Å². The number of imidazole rings is 3. The summed E-state index contributed by atoms with van der Waals surface area (Å²) in [6.07, 6.45) is 11.7. The number of rotatable bonds is 10. The molecule has 0 radical (unpaired) electrons. The molecule has 0 saturated carbocycles. The summed E-state index contributed by atoms with van der Waals surface area (Å²) in [6, 6.07) is -4.40. The molecule has 0 aliphatic carbocycles. The molecule has 368 valence electrons. The Balaban J connectivity index is 0.000000170. The smallest absolute Gasteiger partial charge is 0.724 e. The summed E-state index contributed by atoms with van der Waals surface area (Å²) in [5, 5.41) is 2.66. The third kappa shape index (κ3) is 10.1. The molecule has 6 atom stereocenters. The summed E-state index contributed by atoms with van der Waals surface area (Å²) in [5.74, 6) is 1.91. The summed E-state index contributed by atoms with van der Waals surface area (Å²) < 4.78 is 77.7. The molecule has 71 heavy (non-hydrogen) atoms. The molecule has 6 amide bonds. The number of aromatic nitrogens is 9. The number of hydrogen-bond donors (Lipinski definition) is 1. The van der Waals surface area contributed by atoms with Crippen LogP contribution in [0, 0.1) is 0 Å². The standard InChI is InChI=1S/C14H15N5O2S.C11H11N5O5S2.C10H9N5O5S2.2CH4.2Na/c1-3-6-21-19-9-7-18(14(19)20)11(10-12(9)22-8-16-10)13-15-4-5-17(13)2;1-14-3-2-12-10(14)8-7-9(22-5-13-7)6-4-15(8)11(17)16(6)21-23(18,19)20;16-10-14-3-5(15(10)20-22(17,18)19)8-6(13-4-21-8)7(14)9-11-1-2-12-9;;;;/h3-5,8-9,11H,1,6-7H2,2H3;2-3,5-6,8H,4H2,1H3,(H,18,19,20);1-2,4-5,7H,3H2,(H,11,12)(H,17,18,19);2*1H4;;/q;;;;;2*+1/p-2/t9?,11-;6?,8-;5?,7-;;;;/m000..../s1. The third-order valence-corrected chi connectivity index (χ3v) is 14.9. The van der Waals surface area contributed by atoms with E-state index < -0.39 is 57.0 Å². The summed E-state index contributed by atoms with van der Waals surface area (Å²) >= 11 is 4.10. The number of nitrogens with zero attached hydrogens (tertiary/aromatic N) is 14. The first kappa shape index (κ1) is 56.1. The minimum absolute atomic E-state index is 0. The van der Waals surface area contributed by atoms with Gasteiger partial charge in [-0.2, -0.15) is 23.8 Å². The van der Waals surface area contributed by atoms with Crippen LogP contribution in [0.4, 0.5) is 14.4 Å². The number of thiazole rings is 3. The summed E-state index contributed by atoms with van der Waals surface area (Å²) in [6.45, 7) is 4.91. The number of H-pyrrole nitrogens is 1. The zero-order chi connectivity index (χ0) is 47.1. The normalized spacial score (nSPS) is 22.2. The van der Waals surface area contributed by atoms with E-state index in [2.05, 4.69) is 50.0 Å². The van der Waals surface area contributed by atoms with E-state index in [0.717, 1.165) is 16.4 Å². The van der Waals surface area contributed by atoms with E-state index in [1.165, 1.54) is 37.5 Å². The molecular weight excluding hydrogens is 1050 g/mol. The fourth-order valence-electron chi connectivity index (χ4n) is 8.76. The van der Waals surface area contributed by atoms with Gasteiger partial charge in [0.15, 0.2) is 0 Å². The zero-order valence-corrected chi connectivity index (χ0v) is 44.6. The molecule has 0 aromatic carbocycles. The van der Waals surface area contributed by atoms with E-state index in [4.69, 9.17) is 4.84 Å². The van der Waals surface area contributed by atoms with Crippen LogP contribution in [-0.4, -0.2) is 144 Å². The largest absolute Gasteiger partial charge is 1.00 e. The predicted octanol–water partition coefficient (Wildman–Crippen LogP) is -2.55. The van der Waals surface area contributed by atoms with E-state index in [-0.39, 0.29) is 105 Å². The van der Waals surface area contributed by atoms with Crippen LogP contribution >= 0.6 is 34.0 Å². The molecule has 3 unspecified atom stereocenters. The molecule has 3 fully saturated rings. The maximum atomic E-state index is 12.7. The van der Waals surface area contributed by atoms with E-state index in [1.54, 1.807) is 75.9 Å². The Morgan fingerprint density at radius 3 is 1.41 bits per heavy atom. The molecular formula is C37H41N15Na2O12S5. The second-order valence-electron chi connectivity index (χ2n) is 15.2. The summed E-state index contributed by atoms with van der Waals surface area (Å²) in [7, 11) is -6.39. The van der Waals surface area contributed by atoms with Crippen molar-refractivity contribution in [2.24, 2.45) is 14.1 Å². The number of amides is 6. The van der Waals surface area contributed by atoms with E-state index in [0.29, 0.717) is 56.1 Å². The quantitative estimate of drug-likeness (QED) is 0.0639. The monoisotopic (exact) mass is 1090 g/mol. The average molecular weight is 1090 g/mol. The molecule has 6 aromatic rings. The number of carbonyl (C=O) groups excluding carboxylic acids is 3. The number of urea groups is 3. The molecule has 6 aliphatic rings. The van der Waals surface area contributed by atoms with Crippen LogP contribution in [0.25, 0.3) is 0 Å². The number of aryl methyl sites for hydroxylation is 2. The first-order valence-corrected chi connectivity index (χ1v) is 24.9. The minimum Gasteiger partial charge on any atom is -0.724 e. The van der Waals surface area contributed by atoms with E-state index in [9.17, 15) is 40.3 Å². The van der Waals surface area contributed by atoms with Gasteiger partial charge in [0.25, 0.3) is 0 Å². The van der Waals surface area contributed by atoms with Crippen molar-refractivity contribution in [1.82, 2.24) is 73.9 Å². The molecule has 6 aromatic heterocycles. The Kier molecular flexibility index (Phi) is 17.1. The van der Waals surface area contributed by atoms with Crippen molar-refractivity contribution in [1.29, 1.82) is 0 Å². The van der Waals surface area contributed by atoms with Gasteiger partial charge in [-0.1, -0.05) is 20.9 Å². The van der Waals surface area contributed by atoms with Crippen molar-refractivity contribution in [3.63, 3.8) is 0 Å². The van der Waals surface area contributed by atoms with Gasteiger partial charge in [-0.25, -0.2) is 61.1 Å². The van der Waals surface area contributed by atoms with Crippen LogP contribution in [0.2, 0.25) is 0 Å². The molecule has 27 nitrogen and oxygen atoms in total.